The molecule has 3 aromatic carbocycles. The van der Waals surface area contributed by atoms with Gasteiger partial charge in [0.25, 0.3) is 10.1 Å². The fraction of sp³-hybridized carbons (Fsp3) is 0.130. The lowest BCUT2D eigenvalue weighted by Crippen LogP contribution is -2.34. The van der Waals surface area contributed by atoms with Crippen LogP contribution < -0.4 is 16.2 Å². The molecule has 0 heterocycles. The van der Waals surface area contributed by atoms with Crippen LogP contribution in [-0.4, -0.2) is 13.0 Å². The van der Waals surface area contributed by atoms with E-state index >= 15 is 0 Å². The quantitative estimate of drug-likeness (QED) is 0.374. The van der Waals surface area contributed by atoms with Gasteiger partial charge in [0.05, 0.1) is 11.4 Å². The Hall–Kier alpha value is -3.29. The van der Waals surface area contributed by atoms with E-state index in [9.17, 15) is 13.0 Å². The number of nitrogens with zero attached hydrogens (tertiary/aromatic N) is 2. The third-order valence-electron chi connectivity index (χ3n) is 5.02. The molecule has 0 unspecified atom stereocenters. The van der Waals surface area contributed by atoms with Gasteiger partial charge in [-0.25, -0.2) is 0 Å². The van der Waals surface area contributed by atoms with Crippen LogP contribution in [0.15, 0.2) is 69.7 Å². The lowest BCUT2D eigenvalue weighted by molar-refractivity contribution is 0.482. The molecule has 1 aliphatic carbocycles. The van der Waals surface area contributed by atoms with Crippen molar-refractivity contribution in [2.75, 3.05) is 5.73 Å². The molecule has 1 aliphatic rings. The molecule has 3 N–H and O–H groups in total. The van der Waals surface area contributed by atoms with E-state index in [0.717, 1.165) is 17.5 Å². The van der Waals surface area contributed by atoms with Gasteiger partial charge in [-0.2, -0.15) is 13.5 Å². The van der Waals surface area contributed by atoms with Crippen molar-refractivity contribution >= 4 is 39.3 Å². The second-order valence-corrected chi connectivity index (χ2v) is 8.60. The Morgan fingerprint density at radius 3 is 2.27 bits per heavy atom. The first-order chi connectivity index (χ1) is 14.3. The van der Waals surface area contributed by atoms with Gasteiger partial charge in [-0.05, 0) is 49.1 Å². The maximum Gasteiger partial charge on any atom is 0.295 e. The van der Waals surface area contributed by atoms with Gasteiger partial charge in [-0.3, -0.25) is 4.55 Å². The van der Waals surface area contributed by atoms with Gasteiger partial charge >= 0.3 is 0 Å². The molecule has 0 atom stereocenters. The maximum atomic E-state index is 11.8. The van der Waals surface area contributed by atoms with Gasteiger partial charge in [-0.1, -0.05) is 54.1 Å². The van der Waals surface area contributed by atoms with Crippen LogP contribution in [0.25, 0.3) is 23.3 Å². The molecule has 0 bridgehead atoms. The molecule has 0 fully saturated rings. The van der Waals surface area contributed by atoms with Crippen LogP contribution >= 0.6 is 0 Å². The van der Waals surface area contributed by atoms with Crippen LogP contribution in [0.1, 0.15) is 18.4 Å². The minimum atomic E-state index is -4.41. The first kappa shape index (κ1) is 20.0. The van der Waals surface area contributed by atoms with E-state index in [2.05, 4.69) is 16.3 Å². The zero-order valence-corrected chi connectivity index (χ0v) is 17.2. The lowest BCUT2D eigenvalue weighted by atomic mass is 10.0. The predicted octanol–water partition coefficient (Wildman–Crippen LogP) is 4.26. The molecule has 3 aromatic rings. The van der Waals surface area contributed by atoms with Crippen molar-refractivity contribution in [2.24, 2.45) is 10.2 Å². The van der Waals surface area contributed by atoms with Crippen molar-refractivity contribution in [2.45, 2.75) is 24.7 Å². The predicted molar refractivity (Wildman–Crippen MR) is 119 cm³/mol. The van der Waals surface area contributed by atoms with Crippen LogP contribution in [0.5, 0.6) is 0 Å². The molecule has 30 heavy (non-hydrogen) atoms. The van der Waals surface area contributed by atoms with E-state index < -0.39 is 10.1 Å². The highest BCUT2D eigenvalue weighted by Crippen LogP contribution is 2.27. The van der Waals surface area contributed by atoms with Gasteiger partial charge in [0.15, 0.2) is 0 Å². The Kier molecular flexibility index (Phi) is 5.24. The summed E-state index contributed by atoms with van der Waals surface area (Å²) >= 11 is 0. The second kappa shape index (κ2) is 7.85. The Labute approximate surface area is 174 Å². The average molecular weight is 420 g/mol. The van der Waals surface area contributed by atoms with Crippen molar-refractivity contribution < 1.29 is 13.0 Å². The van der Waals surface area contributed by atoms with E-state index in [-0.39, 0.29) is 10.6 Å². The molecule has 6 nitrogen and oxygen atoms in total. The molecule has 0 aliphatic heterocycles. The summed E-state index contributed by atoms with van der Waals surface area (Å²) in [4.78, 5) is -0.202. The molecule has 0 radical (unpaired) electrons. The summed E-state index contributed by atoms with van der Waals surface area (Å²) in [7, 11) is -4.41. The number of fused-ring (bicyclic) bond motifs is 1. The summed E-state index contributed by atoms with van der Waals surface area (Å²) in [6, 6.07) is 17.0. The van der Waals surface area contributed by atoms with Gasteiger partial charge in [0.1, 0.15) is 10.6 Å². The number of azo groups is 1. The molecular formula is C23H21N3O3S. The fourth-order valence-corrected chi connectivity index (χ4v) is 4.27. The first-order valence-electron chi connectivity index (χ1n) is 9.52. The second-order valence-electron chi connectivity index (χ2n) is 7.21. The molecule has 152 valence electrons. The molecule has 4 rings (SSSR count). The molecule has 0 spiro atoms. The summed E-state index contributed by atoms with van der Waals surface area (Å²) < 4.78 is 33.3. The van der Waals surface area contributed by atoms with Gasteiger partial charge in [0.2, 0.25) is 0 Å². The number of benzene rings is 3. The molecule has 7 heteroatoms. The average Bonchev–Trinajstić information content (AvgIpc) is 2.73. The number of anilines is 1. The van der Waals surface area contributed by atoms with E-state index in [4.69, 9.17) is 5.73 Å². The summed E-state index contributed by atoms with van der Waals surface area (Å²) in [6.45, 7) is 2.05. The molecule has 0 aromatic heterocycles. The van der Waals surface area contributed by atoms with Crippen molar-refractivity contribution in [3.05, 3.63) is 70.6 Å². The third-order valence-corrected chi connectivity index (χ3v) is 5.92. The highest BCUT2D eigenvalue weighted by atomic mass is 32.2. The van der Waals surface area contributed by atoms with Crippen LogP contribution in [-0.2, 0) is 10.1 Å². The van der Waals surface area contributed by atoms with E-state index in [0.29, 0.717) is 28.2 Å². The zero-order valence-electron chi connectivity index (χ0n) is 16.4. The van der Waals surface area contributed by atoms with E-state index in [1.165, 1.54) is 11.6 Å². The normalized spacial score (nSPS) is 13.5. The monoisotopic (exact) mass is 419 g/mol. The van der Waals surface area contributed by atoms with Crippen molar-refractivity contribution in [3.8, 4) is 11.1 Å². The zero-order chi connectivity index (χ0) is 21.3. The Morgan fingerprint density at radius 1 is 0.900 bits per heavy atom. The van der Waals surface area contributed by atoms with Crippen LogP contribution in [0.4, 0.5) is 17.1 Å². The minimum absolute atomic E-state index is 0.202. The summed E-state index contributed by atoms with van der Waals surface area (Å²) in [6.07, 6.45) is 5.04. The van der Waals surface area contributed by atoms with Crippen molar-refractivity contribution in [1.82, 2.24) is 0 Å². The number of nitrogens with two attached hydrogens (primary N) is 1. The lowest BCUT2D eigenvalue weighted by Gasteiger charge is -2.09. The highest BCUT2D eigenvalue weighted by molar-refractivity contribution is 7.85. The van der Waals surface area contributed by atoms with E-state index in [1.54, 1.807) is 6.08 Å². The standard InChI is InChI=1S/C23H21N3O3S/c1-15-5-4-6-17(13-15)16-9-11-18(12-10-16)25-26-21-14-22(30(27,28)29)19-7-2-3-8-20(19)23(21)24/h4-14H,2-3,24H2,1H3,(H,27,28,29)/b26-25+. The molecule has 0 amide bonds. The molecular weight excluding hydrogens is 398 g/mol. The van der Waals surface area contributed by atoms with Gasteiger partial charge in [-0.15, -0.1) is 5.11 Å². The maximum absolute atomic E-state index is 11.8. The summed E-state index contributed by atoms with van der Waals surface area (Å²) in [5, 5.41) is 9.36. The van der Waals surface area contributed by atoms with Gasteiger partial charge < -0.3 is 5.73 Å². The topological polar surface area (TPSA) is 105 Å². The van der Waals surface area contributed by atoms with Crippen LogP contribution in [0.2, 0.25) is 0 Å². The first-order valence-corrected chi connectivity index (χ1v) is 11.0. The number of nitrogen functional groups attached to an aromatic ring is 1. The Bertz CT molecular complexity index is 1380. The van der Waals surface area contributed by atoms with E-state index in [1.807, 2.05) is 55.5 Å². The van der Waals surface area contributed by atoms with Crippen LogP contribution in [0.3, 0.4) is 0 Å². The third kappa shape index (κ3) is 4.03. The number of aryl methyl sites for hydroxylation is 1. The molecule has 0 saturated carbocycles. The SMILES string of the molecule is Cc1cccc(-c2ccc(/N=N/c3cc(S(=O)(=O)O)c4c(c3N)=CCCC=4)cc2)c1. The number of rotatable bonds is 4. The number of hydrogen-bond donors (Lipinski definition) is 2. The van der Waals surface area contributed by atoms with Gasteiger partial charge in [0, 0.05) is 10.4 Å². The Balaban J connectivity index is 1.71. The summed E-state index contributed by atoms with van der Waals surface area (Å²) in [5.41, 5.74) is 10.7. The summed E-state index contributed by atoms with van der Waals surface area (Å²) in [5.74, 6) is 0. The largest absolute Gasteiger partial charge is 0.396 e. The molecule has 0 saturated heterocycles. The smallest absolute Gasteiger partial charge is 0.295 e. The highest BCUT2D eigenvalue weighted by Gasteiger charge is 2.17. The van der Waals surface area contributed by atoms with Crippen LogP contribution in [0, 0.1) is 6.92 Å². The minimum Gasteiger partial charge on any atom is -0.396 e. The number of hydrogen-bond acceptors (Lipinski definition) is 5. The van der Waals surface area contributed by atoms with Crippen molar-refractivity contribution in [3.63, 3.8) is 0 Å². The van der Waals surface area contributed by atoms with Crippen molar-refractivity contribution in [1.29, 1.82) is 0 Å². The Morgan fingerprint density at radius 2 is 1.60 bits per heavy atom. The fourth-order valence-electron chi connectivity index (χ4n) is 3.53.